The van der Waals surface area contributed by atoms with Crippen LogP contribution in [0.3, 0.4) is 0 Å². The third-order valence-electron chi connectivity index (χ3n) is 6.73. The van der Waals surface area contributed by atoms with E-state index in [1.54, 1.807) is 37.5 Å². The van der Waals surface area contributed by atoms with Crippen molar-refractivity contribution in [2.75, 3.05) is 29.9 Å². The van der Waals surface area contributed by atoms with Crippen molar-refractivity contribution in [3.8, 4) is 11.3 Å². The van der Waals surface area contributed by atoms with E-state index < -0.39 is 23.1 Å². The predicted octanol–water partition coefficient (Wildman–Crippen LogP) is 5.89. The first-order chi connectivity index (χ1) is 18.8. The number of nitrogens with one attached hydrogen (secondary N) is 2. The van der Waals surface area contributed by atoms with Crippen molar-refractivity contribution < 1.29 is 27.5 Å². The summed E-state index contributed by atoms with van der Waals surface area (Å²) in [4.78, 5) is 31.1. The Balaban J connectivity index is 1.49. The summed E-state index contributed by atoms with van der Waals surface area (Å²) in [6, 6.07) is 7.26. The Morgan fingerprint density at radius 1 is 1.10 bits per heavy atom. The highest BCUT2D eigenvalue weighted by Crippen LogP contribution is 2.38. The fourth-order valence-electron chi connectivity index (χ4n) is 4.31. The Bertz CT molecular complexity index is 1360. The van der Waals surface area contributed by atoms with E-state index in [-0.39, 0.29) is 17.8 Å². The van der Waals surface area contributed by atoms with Gasteiger partial charge in [-0.15, -0.1) is 5.10 Å². The van der Waals surface area contributed by atoms with Gasteiger partial charge in [-0.25, -0.2) is 14.3 Å². The maximum atomic E-state index is 13.7. The molecule has 0 spiro atoms. The number of halogens is 3. The number of ether oxygens (including phenoxy) is 1. The average Bonchev–Trinajstić information content (AvgIpc) is 3.32. The highest BCUT2D eigenvalue weighted by molar-refractivity contribution is 5.96. The molecule has 2 aromatic heterocycles. The normalized spacial score (nSPS) is 14.8. The minimum absolute atomic E-state index is 0.0293. The van der Waals surface area contributed by atoms with Gasteiger partial charge in [-0.2, -0.15) is 13.2 Å². The van der Waals surface area contributed by atoms with E-state index in [0.717, 1.165) is 37.6 Å². The number of rotatable bonds is 7. The van der Waals surface area contributed by atoms with Crippen LogP contribution in [0.2, 0.25) is 0 Å². The first-order valence-electron chi connectivity index (χ1n) is 13.4. The van der Waals surface area contributed by atoms with Gasteiger partial charge in [0.15, 0.2) is 5.65 Å². The highest BCUT2D eigenvalue weighted by Gasteiger charge is 2.35. The highest BCUT2D eigenvalue weighted by atomic mass is 19.4. The van der Waals surface area contributed by atoms with Gasteiger partial charge in [-0.05, 0) is 43.5 Å². The molecule has 2 N–H and O–H groups in total. The van der Waals surface area contributed by atoms with Gasteiger partial charge in [0.1, 0.15) is 5.82 Å². The maximum Gasteiger partial charge on any atom is 0.418 e. The third-order valence-corrected chi connectivity index (χ3v) is 6.73. The van der Waals surface area contributed by atoms with E-state index in [9.17, 15) is 22.8 Å². The van der Waals surface area contributed by atoms with Crippen LogP contribution in [-0.4, -0.2) is 52.3 Å². The molecule has 0 atom stereocenters. The van der Waals surface area contributed by atoms with Gasteiger partial charge in [-0.1, -0.05) is 40.2 Å². The molecule has 0 aliphatic carbocycles. The summed E-state index contributed by atoms with van der Waals surface area (Å²) in [6.45, 7) is 8.72. The molecular weight excluding hydrogens is 525 g/mol. The van der Waals surface area contributed by atoms with Crippen molar-refractivity contribution in [1.82, 2.24) is 19.9 Å². The number of alkyl carbamates (subject to hydrolysis) is 1. The smallest absolute Gasteiger partial charge is 0.418 e. The van der Waals surface area contributed by atoms with Gasteiger partial charge >= 0.3 is 12.3 Å². The zero-order valence-corrected chi connectivity index (χ0v) is 23.1. The van der Waals surface area contributed by atoms with Gasteiger partial charge in [0.25, 0.3) is 0 Å². The standard InChI is InChI=1S/C28H35F3N6O3/c1-5-6-15-40-26(39)32-19-11-13-36(14-12-19)24-10-9-23-33-22(17-37(23)35-24)18-7-8-20(28(29,30)31)21(16-18)34-25(38)27(2,3)4/h7-10,16-17,19H,5-6,11-15H2,1-4H3,(H,32,39)(H,34,38). The molecule has 0 radical (unpaired) electrons. The van der Waals surface area contributed by atoms with Gasteiger partial charge in [0.05, 0.1) is 29.7 Å². The van der Waals surface area contributed by atoms with E-state index in [2.05, 4.69) is 25.6 Å². The first-order valence-corrected chi connectivity index (χ1v) is 13.4. The minimum atomic E-state index is -4.63. The Kier molecular flexibility index (Phi) is 8.55. The summed E-state index contributed by atoms with van der Waals surface area (Å²) in [5.74, 6) is 0.204. The number of anilines is 2. The molecule has 0 unspecified atom stereocenters. The van der Waals surface area contributed by atoms with Gasteiger partial charge in [-0.3, -0.25) is 4.79 Å². The van der Waals surface area contributed by atoms with Crippen molar-refractivity contribution >= 4 is 29.2 Å². The molecule has 1 saturated heterocycles. The number of piperidine rings is 1. The van der Waals surface area contributed by atoms with Crippen LogP contribution in [-0.2, 0) is 15.7 Å². The number of carbonyl (C=O) groups is 2. The van der Waals surface area contributed by atoms with Crippen LogP contribution in [0.25, 0.3) is 16.9 Å². The molecule has 2 amide bonds. The number of unbranched alkanes of at least 4 members (excludes halogenated alkanes) is 1. The van der Waals surface area contributed by atoms with E-state index in [1.165, 1.54) is 12.1 Å². The molecule has 1 aliphatic heterocycles. The van der Waals surface area contributed by atoms with Crippen molar-refractivity contribution in [3.63, 3.8) is 0 Å². The van der Waals surface area contributed by atoms with E-state index >= 15 is 0 Å². The van der Waals surface area contributed by atoms with Crippen LogP contribution in [0, 0.1) is 5.41 Å². The number of carbonyl (C=O) groups excluding carboxylic acids is 2. The lowest BCUT2D eigenvalue weighted by Crippen LogP contribution is -2.45. The summed E-state index contributed by atoms with van der Waals surface area (Å²) in [5.41, 5.74) is -0.738. The molecule has 9 nitrogen and oxygen atoms in total. The topological polar surface area (TPSA) is 101 Å². The zero-order chi connectivity index (χ0) is 29.1. The molecule has 0 saturated carbocycles. The average molecular weight is 561 g/mol. The number of fused-ring (bicyclic) bond motifs is 1. The summed E-state index contributed by atoms with van der Waals surface area (Å²) in [5, 5.41) is 10.0. The zero-order valence-electron chi connectivity index (χ0n) is 23.1. The lowest BCUT2D eigenvalue weighted by atomic mass is 9.95. The van der Waals surface area contributed by atoms with E-state index in [4.69, 9.17) is 4.74 Å². The molecule has 216 valence electrons. The Hall–Kier alpha value is -3.83. The Morgan fingerprint density at radius 2 is 1.82 bits per heavy atom. The molecule has 12 heteroatoms. The number of hydrogen-bond acceptors (Lipinski definition) is 6. The lowest BCUT2D eigenvalue weighted by Gasteiger charge is -2.32. The SMILES string of the molecule is CCCCOC(=O)NC1CCN(c2ccc3nc(-c4ccc(C(F)(F)F)c(NC(=O)C(C)(C)C)c4)cn3n2)CC1. The van der Waals surface area contributed by atoms with Crippen LogP contribution in [0.1, 0.15) is 58.9 Å². The number of nitrogens with zero attached hydrogens (tertiary/aromatic N) is 4. The summed E-state index contributed by atoms with van der Waals surface area (Å²) < 4.78 is 47.7. The molecule has 3 heterocycles. The Labute approximate surface area is 231 Å². The second-order valence-electron chi connectivity index (χ2n) is 11.0. The Morgan fingerprint density at radius 3 is 2.48 bits per heavy atom. The largest absolute Gasteiger partial charge is 0.450 e. The van der Waals surface area contributed by atoms with Crippen LogP contribution < -0.4 is 15.5 Å². The summed E-state index contributed by atoms with van der Waals surface area (Å²) in [6.07, 6.45) is -0.0865. The lowest BCUT2D eigenvalue weighted by molar-refractivity contribution is -0.137. The minimum Gasteiger partial charge on any atom is -0.450 e. The molecule has 40 heavy (non-hydrogen) atoms. The molecule has 1 aromatic carbocycles. The summed E-state index contributed by atoms with van der Waals surface area (Å²) in [7, 11) is 0. The van der Waals surface area contributed by atoms with Gasteiger partial charge in [0, 0.05) is 30.1 Å². The predicted molar refractivity (Wildman–Crippen MR) is 146 cm³/mol. The summed E-state index contributed by atoms with van der Waals surface area (Å²) >= 11 is 0. The number of alkyl halides is 3. The number of amides is 2. The molecule has 1 fully saturated rings. The molecule has 1 aliphatic rings. The van der Waals surface area contributed by atoms with Crippen LogP contribution in [0.4, 0.5) is 29.5 Å². The maximum absolute atomic E-state index is 13.7. The van der Waals surface area contributed by atoms with E-state index in [0.29, 0.717) is 36.6 Å². The van der Waals surface area contributed by atoms with Crippen LogP contribution >= 0.6 is 0 Å². The van der Waals surface area contributed by atoms with Crippen molar-refractivity contribution in [2.24, 2.45) is 5.41 Å². The van der Waals surface area contributed by atoms with Crippen LogP contribution in [0.5, 0.6) is 0 Å². The molecule has 0 bridgehead atoms. The van der Waals surface area contributed by atoms with Crippen molar-refractivity contribution in [1.29, 1.82) is 0 Å². The van der Waals surface area contributed by atoms with Gasteiger partial charge < -0.3 is 20.3 Å². The number of imidazole rings is 1. The first kappa shape index (κ1) is 29.2. The van der Waals surface area contributed by atoms with E-state index in [1.807, 2.05) is 13.0 Å². The van der Waals surface area contributed by atoms with Crippen molar-refractivity contribution in [2.45, 2.75) is 65.6 Å². The fourth-order valence-corrected chi connectivity index (χ4v) is 4.31. The molecule has 3 aromatic rings. The van der Waals surface area contributed by atoms with Crippen LogP contribution in [0.15, 0.2) is 36.5 Å². The number of benzene rings is 1. The monoisotopic (exact) mass is 560 g/mol. The second kappa shape index (κ2) is 11.7. The van der Waals surface area contributed by atoms with Crippen molar-refractivity contribution in [3.05, 3.63) is 42.1 Å². The van der Waals surface area contributed by atoms with Gasteiger partial charge in [0.2, 0.25) is 5.91 Å². The number of aromatic nitrogens is 3. The second-order valence-corrected chi connectivity index (χ2v) is 11.0. The molecular formula is C28H35F3N6O3. The quantitative estimate of drug-likeness (QED) is 0.349. The third kappa shape index (κ3) is 7.02. The number of hydrogen-bond donors (Lipinski definition) is 2. The molecule has 4 rings (SSSR count). The fraction of sp³-hybridized carbons (Fsp3) is 0.500.